The predicted octanol–water partition coefficient (Wildman–Crippen LogP) is 4.75. The quantitative estimate of drug-likeness (QED) is 0.457. The maximum atomic E-state index is 14.0. The summed E-state index contributed by atoms with van der Waals surface area (Å²) in [6.07, 6.45) is 5.62. The molecule has 0 radical (unpaired) electrons. The largest absolute Gasteiger partial charge is 0.352 e. The zero-order chi connectivity index (χ0) is 27.2. The number of amides is 2. The average Bonchev–Trinajstić information content (AvgIpc) is 3.35. The van der Waals surface area contributed by atoms with E-state index in [0.717, 1.165) is 48.6 Å². The van der Waals surface area contributed by atoms with Crippen molar-refractivity contribution in [3.63, 3.8) is 0 Å². The van der Waals surface area contributed by atoms with Gasteiger partial charge in [0.15, 0.2) is 0 Å². The summed E-state index contributed by atoms with van der Waals surface area (Å²) < 4.78 is 27.1. The first kappa shape index (κ1) is 28.7. The van der Waals surface area contributed by atoms with Crippen molar-refractivity contribution in [3.05, 3.63) is 65.2 Å². The van der Waals surface area contributed by atoms with Gasteiger partial charge in [-0.2, -0.15) is 0 Å². The number of nitrogens with zero attached hydrogens (tertiary/aromatic N) is 2. The summed E-state index contributed by atoms with van der Waals surface area (Å²) in [7, 11) is -3.77. The molecule has 2 aromatic carbocycles. The monoisotopic (exact) mass is 527 g/mol. The van der Waals surface area contributed by atoms with E-state index in [1.165, 1.54) is 4.31 Å². The van der Waals surface area contributed by atoms with Crippen molar-refractivity contribution in [2.75, 3.05) is 17.1 Å². The molecule has 0 spiro atoms. The molecule has 1 aliphatic rings. The van der Waals surface area contributed by atoms with Crippen molar-refractivity contribution in [1.29, 1.82) is 0 Å². The highest BCUT2D eigenvalue weighted by atomic mass is 32.2. The molecule has 0 saturated heterocycles. The van der Waals surface area contributed by atoms with Crippen LogP contribution in [0.4, 0.5) is 5.69 Å². The fourth-order valence-electron chi connectivity index (χ4n) is 5.06. The zero-order valence-corrected chi connectivity index (χ0v) is 23.6. The Morgan fingerprint density at radius 3 is 2.24 bits per heavy atom. The van der Waals surface area contributed by atoms with Crippen LogP contribution in [-0.4, -0.2) is 50.0 Å². The second kappa shape index (κ2) is 12.6. The van der Waals surface area contributed by atoms with Crippen molar-refractivity contribution in [2.24, 2.45) is 0 Å². The first-order valence-electron chi connectivity index (χ1n) is 13.2. The number of sulfonamides is 1. The maximum absolute atomic E-state index is 14.0. The van der Waals surface area contributed by atoms with Crippen LogP contribution in [0.5, 0.6) is 0 Å². The van der Waals surface area contributed by atoms with Gasteiger partial charge in [0.2, 0.25) is 21.8 Å². The van der Waals surface area contributed by atoms with Gasteiger partial charge < -0.3 is 10.2 Å². The first-order chi connectivity index (χ1) is 17.5. The van der Waals surface area contributed by atoms with Crippen LogP contribution in [0.2, 0.25) is 0 Å². The molecule has 0 bridgehead atoms. The molecule has 1 saturated carbocycles. The van der Waals surface area contributed by atoms with Gasteiger partial charge in [-0.3, -0.25) is 13.9 Å². The standard InChI is InChI=1S/C29H41N3O4S/c1-6-26(29(34)30-24-15-9-10-16-24)31(19-23-14-8-7-13-22(23)4)28(33)20-32(37(5,35)36)27-18-12-11-17-25(27)21(2)3/h7-8,11-14,17-18,21,24,26H,6,9-10,15-16,19-20H2,1-5H3,(H,30,34). The molecule has 2 amide bonds. The fourth-order valence-corrected chi connectivity index (χ4v) is 5.92. The minimum atomic E-state index is -3.77. The Balaban J connectivity index is 1.98. The van der Waals surface area contributed by atoms with Gasteiger partial charge in [-0.15, -0.1) is 0 Å². The second-order valence-corrected chi connectivity index (χ2v) is 12.3. The second-order valence-electron chi connectivity index (χ2n) is 10.3. The molecule has 1 aliphatic carbocycles. The van der Waals surface area contributed by atoms with Crippen LogP contribution in [0.25, 0.3) is 0 Å². The number of carbonyl (C=O) groups excluding carboxylic acids is 2. The van der Waals surface area contributed by atoms with Crippen LogP contribution in [-0.2, 0) is 26.2 Å². The highest BCUT2D eigenvalue weighted by Gasteiger charge is 2.33. The number of benzene rings is 2. The summed E-state index contributed by atoms with van der Waals surface area (Å²) in [5, 5.41) is 3.14. The molecule has 1 atom stereocenters. The molecule has 3 rings (SSSR count). The average molecular weight is 528 g/mol. The topological polar surface area (TPSA) is 86.8 Å². The van der Waals surface area contributed by atoms with Crippen molar-refractivity contribution < 1.29 is 18.0 Å². The Bertz CT molecular complexity index is 1190. The Morgan fingerprint density at radius 1 is 1.03 bits per heavy atom. The lowest BCUT2D eigenvalue weighted by atomic mass is 10.0. The van der Waals surface area contributed by atoms with Crippen molar-refractivity contribution >= 4 is 27.5 Å². The van der Waals surface area contributed by atoms with Gasteiger partial charge in [0.05, 0.1) is 11.9 Å². The van der Waals surface area contributed by atoms with Gasteiger partial charge >= 0.3 is 0 Å². The predicted molar refractivity (Wildman–Crippen MR) is 149 cm³/mol. The van der Waals surface area contributed by atoms with Gasteiger partial charge in [0, 0.05) is 12.6 Å². The molecule has 0 aromatic heterocycles. The Hall–Kier alpha value is -2.87. The molecule has 7 nitrogen and oxygen atoms in total. The molecule has 1 N–H and O–H groups in total. The van der Waals surface area contributed by atoms with E-state index in [2.05, 4.69) is 5.32 Å². The van der Waals surface area contributed by atoms with Gasteiger partial charge in [0.25, 0.3) is 0 Å². The minimum Gasteiger partial charge on any atom is -0.352 e. The van der Waals surface area contributed by atoms with Crippen LogP contribution in [0, 0.1) is 6.92 Å². The SMILES string of the molecule is CCC(C(=O)NC1CCCC1)N(Cc1ccccc1C)C(=O)CN(c1ccccc1C(C)C)S(C)(=O)=O. The molecule has 0 heterocycles. The van der Waals surface area contributed by atoms with Crippen LogP contribution >= 0.6 is 0 Å². The lowest BCUT2D eigenvalue weighted by Crippen LogP contribution is -2.53. The van der Waals surface area contributed by atoms with Crippen LogP contribution in [0.15, 0.2) is 48.5 Å². The number of carbonyl (C=O) groups is 2. The van der Waals surface area contributed by atoms with E-state index in [0.29, 0.717) is 12.1 Å². The molecule has 0 aliphatic heterocycles. The van der Waals surface area contributed by atoms with Crippen LogP contribution in [0.1, 0.15) is 75.5 Å². The summed E-state index contributed by atoms with van der Waals surface area (Å²) in [6.45, 7) is 7.70. The number of aryl methyl sites for hydroxylation is 1. The lowest BCUT2D eigenvalue weighted by Gasteiger charge is -2.34. The van der Waals surface area contributed by atoms with E-state index >= 15 is 0 Å². The molecule has 1 unspecified atom stereocenters. The Kier molecular flexibility index (Phi) is 9.76. The molecular weight excluding hydrogens is 486 g/mol. The van der Waals surface area contributed by atoms with E-state index in [-0.39, 0.29) is 31.0 Å². The number of hydrogen-bond donors (Lipinski definition) is 1. The van der Waals surface area contributed by atoms with E-state index in [1.807, 2.05) is 64.1 Å². The van der Waals surface area contributed by atoms with E-state index in [4.69, 9.17) is 0 Å². The molecule has 2 aromatic rings. The van der Waals surface area contributed by atoms with E-state index < -0.39 is 22.0 Å². The highest BCUT2D eigenvalue weighted by Crippen LogP contribution is 2.29. The van der Waals surface area contributed by atoms with E-state index in [1.54, 1.807) is 17.0 Å². The third-order valence-corrected chi connectivity index (χ3v) is 8.32. The molecule has 202 valence electrons. The van der Waals surface area contributed by atoms with Gasteiger partial charge in [0.1, 0.15) is 12.6 Å². The summed E-state index contributed by atoms with van der Waals surface area (Å²) in [5.74, 6) is -0.510. The molecule has 8 heteroatoms. The highest BCUT2D eigenvalue weighted by molar-refractivity contribution is 7.92. The smallest absolute Gasteiger partial charge is 0.244 e. The fraction of sp³-hybridized carbons (Fsp3) is 0.517. The summed E-state index contributed by atoms with van der Waals surface area (Å²) in [6, 6.07) is 14.5. The summed E-state index contributed by atoms with van der Waals surface area (Å²) in [4.78, 5) is 28.9. The zero-order valence-electron chi connectivity index (χ0n) is 22.7. The normalized spacial score (nSPS) is 15.0. The van der Waals surface area contributed by atoms with Crippen molar-refractivity contribution in [3.8, 4) is 0 Å². The van der Waals surface area contributed by atoms with Crippen LogP contribution < -0.4 is 9.62 Å². The first-order valence-corrected chi connectivity index (χ1v) is 15.1. The molecular formula is C29H41N3O4S. The number of para-hydroxylation sites is 1. The lowest BCUT2D eigenvalue weighted by molar-refractivity contribution is -0.140. The Morgan fingerprint density at radius 2 is 1.65 bits per heavy atom. The van der Waals surface area contributed by atoms with Crippen molar-refractivity contribution in [2.45, 2.75) is 84.3 Å². The summed E-state index contributed by atoms with van der Waals surface area (Å²) >= 11 is 0. The minimum absolute atomic E-state index is 0.0687. The number of nitrogens with one attached hydrogen (secondary N) is 1. The third kappa shape index (κ3) is 7.34. The van der Waals surface area contributed by atoms with Gasteiger partial charge in [-0.05, 0) is 54.9 Å². The van der Waals surface area contributed by atoms with Gasteiger partial charge in [-0.25, -0.2) is 8.42 Å². The number of anilines is 1. The third-order valence-electron chi connectivity index (χ3n) is 7.20. The maximum Gasteiger partial charge on any atom is 0.244 e. The molecule has 1 fully saturated rings. The Labute approximate surface area is 222 Å². The van der Waals surface area contributed by atoms with Gasteiger partial charge in [-0.1, -0.05) is 76.1 Å². The number of rotatable bonds is 11. The van der Waals surface area contributed by atoms with Crippen LogP contribution in [0.3, 0.4) is 0 Å². The van der Waals surface area contributed by atoms with E-state index in [9.17, 15) is 18.0 Å². The number of hydrogen-bond acceptors (Lipinski definition) is 4. The molecule has 37 heavy (non-hydrogen) atoms. The van der Waals surface area contributed by atoms with Crippen molar-refractivity contribution in [1.82, 2.24) is 10.2 Å². The summed E-state index contributed by atoms with van der Waals surface area (Å²) in [5.41, 5.74) is 3.28.